The van der Waals surface area contributed by atoms with Crippen molar-refractivity contribution in [1.82, 2.24) is 15.3 Å². The predicted octanol–water partition coefficient (Wildman–Crippen LogP) is 2.73. The van der Waals surface area contributed by atoms with Crippen LogP contribution in [-0.4, -0.2) is 42.0 Å². The van der Waals surface area contributed by atoms with Gasteiger partial charge in [-0.05, 0) is 37.8 Å². The maximum absolute atomic E-state index is 12.3. The fourth-order valence-corrected chi connectivity index (χ4v) is 3.31. The van der Waals surface area contributed by atoms with Crippen molar-refractivity contribution in [2.45, 2.75) is 37.8 Å². The van der Waals surface area contributed by atoms with Crippen LogP contribution >= 0.6 is 0 Å². The monoisotopic (exact) mass is 386 g/mol. The lowest BCUT2D eigenvalue weighted by atomic mass is 9.93. The molecule has 9 nitrogen and oxygen atoms in total. The number of rotatable bonds is 5. The van der Waals surface area contributed by atoms with Crippen molar-refractivity contribution >= 4 is 11.7 Å². The second-order valence-electron chi connectivity index (χ2n) is 6.66. The van der Waals surface area contributed by atoms with Gasteiger partial charge in [-0.1, -0.05) is 0 Å². The zero-order valence-electron chi connectivity index (χ0n) is 15.5. The van der Waals surface area contributed by atoms with Gasteiger partial charge in [0.1, 0.15) is 6.10 Å². The Balaban J connectivity index is 1.23. The highest BCUT2D eigenvalue weighted by atomic mass is 16.7. The van der Waals surface area contributed by atoms with Gasteiger partial charge in [0.15, 0.2) is 11.5 Å². The highest BCUT2D eigenvalue weighted by Gasteiger charge is 2.24. The summed E-state index contributed by atoms with van der Waals surface area (Å²) in [5, 5.41) is 5.85. The number of carbonyl (C=O) groups excluding carboxylic acids is 1. The van der Waals surface area contributed by atoms with E-state index in [1.807, 2.05) is 0 Å². The number of hydrogen-bond donors (Lipinski definition) is 2. The number of nitrogens with zero attached hydrogens (tertiary/aromatic N) is 2. The number of amides is 2. The number of methoxy groups -OCH3 is 1. The molecule has 1 aliphatic carbocycles. The highest BCUT2D eigenvalue weighted by molar-refractivity contribution is 5.89. The number of anilines is 1. The Kier molecular flexibility index (Phi) is 5.31. The molecular formula is C19H22N4O5. The zero-order valence-corrected chi connectivity index (χ0v) is 15.5. The largest absolute Gasteiger partial charge is 0.480 e. The summed E-state index contributed by atoms with van der Waals surface area (Å²) in [5.74, 6) is 2.20. The van der Waals surface area contributed by atoms with Gasteiger partial charge in [0, 0.05) is 17.8 Å². The molecule has 2 N–H and O–H groups in total. The molecule has 1 aromatic heterocycles. The van der Waals surface area contributed by atoms with Crippen LogP contribution in [0.25, 0.3) is 0 Å². The first-order valence-electron chi connectivity index (χ1n) is 9.19. The van der Waals surface area contributed by atoms with E-state index in [2.05, 4.69) is 20.6 Å². The van der Waals surface area contributed by atoms with Crippen LogP contribution in [0.1, 0.15) is 25.7 Å². The van der Waals surface area contributed by atoms with E-state index in [1.54, 1.807) is 31.5 Å². The van der Waals surface area contributed by atoms with Crippen molar-refractivity contribution in [2.75, 3.05) is 19.2 Å². The summed E-state index contributed by atoms with van der Waals surface area (Å²) in [7, 11) is 1.54. The van der Waals surface area contributed by atoms with E-state index >= 15 is 0 Å². The van der Waals surface area contributed by atoms with Gasteiger partial charge in [-0.2, -0.15) is 4.98 Å². The molecule has 2 aromatic rings. The van der Waals surface area contributed by atoms with E-state index in [9.17, 15) is 4.79 Å². The molecule has 2 aliphatic rings. The maximum atomic E-state index is 12.3. The van der Waals surface area contributed by atoms with Gasteiger partial charge in [-0.25, -0.2) is 4.79 Å². The first kappa shape index (κ1) is 18.1. The van der Waals surface area contributed by atoms with E-state index in [1.165, 1.54) is 6.20 Å². The average molecular weight is 386 g/mol. The number of fused-ring (bicyclic) bond motifs is 1. The molecule has 1 saturated carbocycles. The lowest BCUT2D eigenvalue weighted by Gasteiger charge is -2.29. The van der Waals surface area contributed by atoms with Crippen LogP contribution in [-0.2, 0) is 0 Å². The van der Waals surface area contributed by atoms with Crippen LogP contribution < -0.4 is 29.6 Å². The number of urea groups is 1. The van der Waals surface area contributed by atoms with Gasteiger partial charge in [0.2, 0.25) is 18.6 Å². The van der Waals surface area contributed by atoms with Gasteiger partial charge >= 0.3 is 6.03 Å². The number of nitrogens with one attached hydrogen (secondary N) is 2. The van der Waals surface area contributed by atoms with Gasteiger partial charge in [0.05, 0.1) is 19.5 Å². The number of benzene rings is 1. The summed E-state index contributed by atoms with van der Waals surface area (Å²) in [6, 6.07) is 5.18. The first-order valence-corrected chi connectivity index (χ1v) is 9.19. The molecule has 0 unspecified atom stereocenters. The van der Waals surface area contributed by atoms with Crippen LogP contribution in [0.2, 0.25) is 0 Å². The molecule has 9 heteroatoms. The van der Waals surface area contributed by atoms with Crippen LogP contribution in [0.4, 0.5) is 10.5 Å². The average Bonchev–Trinajstić information content (AvgIpc) is 3.17. The third kappa shape index (κ3) is 4.36. The quantitative estimate of drug-likeness (QED) is 0.814. The molecule has 28 heavy (non-hydrogen) atoms. The molecular weight excluding hydrogens is 364 g/mol. The molecule has 1 fully saturated rings. The molecule has 0 spiro atoms. The van der Waals surface area contributed by atoms with Crippen molar-refractivity contribution in [3.63, 3.8) is 0 Å². The molecule has 2 amide bonds. The summed E-state index contributed by atoms with van der Waals surface area (Å²) in [6.45, 7) is 0.206. The number of ether oxygens (including phenoxy) is 4. The lowest BCUT2D eigenvalue weighted by Crippen LogP contribution is -2.41. The third-order valence-electron chi connectivity index (χ3n) is 4.73. The maximum Gasteiger partial charge on any atom is 0.319 e. The Hall–Kier alpha value is -3.23. The fraction of sp³-hybridized carbons (Fsp3) is 0.421. The Morgan fingerprint density at radius 3 is 2.71 bits per heavy atom. The second-order valence-corrected chi connectivity index (χ2v) is 6.66. The molecule has 148 valence electrons. The Morgan fingerprint density at radius 2 is 1.89 bits per heavy atom. The van der Waals surface area contributed by atoms with Crippen LogP contribution in [0.5, 0.6) is 23.3 Å². The van der Waals surface area contributed by atoms with Crippen molar-refractivity contribution in [3.8, 4) is 23.3 Å². The Morgan fingerprint density at radius 1 is 1.11 bits per heavy atom. The van der Waals surface area contributed by atoms with Crippen LogP contribution in [0.3, 0.4) is 0 Å². The third-order valence-corrected chi connectivity index (χ3v) is 4.73. The topological polar surface area (TPSA) is 104 Å². The Bertz CT molecular complexity index is 839. The summed E-state index contributed by atoms with van der Waals surface area (Å²) >= 11 is 0. The second kappa shape index (κ2) is 8.20. The van der Waals surface area contributed by atoms with Crippen molar-refractivity contribution in [2.24, 2.45) is 0 Å². The fourth-order valence-electron chi connectivity index (χ4n) is 3.31. The molecule has 0 saturated heterocycles. The number of aromatic nitrogens is 2. The normalized spacial score (nSPS) is 20.3. The van der Waals surface area contributed by atoms with Crippen molar-refractivity contribution in [3.05, 3.63) is 30.6 Å². The van der Waals surface area contributed by atoms with E-state index in [0.717, 1.165) is 25.7 Å². The molecule has 0 radical (unpaired) electrons. The van der Waals surface area contributed by atoms with E-state index in [4.69, 9.17) is 18.9 Å². The minimum absolute atomic E-state index is 0.0522. The first-order chi connectivity index (χ1) is 13.7. The van der Waals surface area contributed by atoms with Gasteiger partial charge < -0.3 is 29.6 Å². The van der Waals surface area contributed by atoms with Crippen molar-refractivity contribution < 1.29 is 23.7 Å². The SMILES string of the molecule is COc1cncc(OC2CCC(NC(=O)Nc3ccc4c(c3)OCO4)CC2)n1. The molecule has 1 aliphatic heterocycles. The van der Waals surface area contributed by atoms with Gasteiger partial charge in [-0.15, -0.1) is 0 Å². The van der Waals surface area contributed by atoms with E-state index in [0.29, 0.717) is 28.9 Å². The summed E-state index contributed by atoms with van der Waals surface area (Å²) in [6.07, 6.45) is 6.48. The number of carbonyl (C=O) groups is 1. The highest BCUT2D eigenvalue weighted by Crippen LogP contribution is 2.34. The van der Waals surface area contributed by atoms with Gasteiger partial charge in [-0.3, -0.25) is 4.98 Å². The molecule has 0 atom stereocenters. The van der Waals surface area contributed by atoms with Crippen LogP contribution in [0, 0.1) is 0 Å². The molecule has 0 bridgehead atoms. The van der Waals surface area contributed by atoms with Crippen molar-refractivity contribution in [1.29, 1.82) is 0 Å². The molecule has 4 rings (SSSR count). The lowest BCUT2D eigenvalue weighted by molar-refractivity contribution is 0.134. The molecule has 1 aromatic carbocycles. The summed E-state index contributed by atoms with van der Waals surface area (Å²) < 4.78 is 21.5. The summed E-state index contributed by atoms with van der Waals surface area (Å²) in [4.78, 5) is 20.5. The standard InChI is InChI=1S/C19H22N4O5/c1-25-17-9-20-10-18(23-17)28-14-5-2-12(3-6-14)21-19(24)22-13-4-7-15-16(8-13)27-11-26-15/h4,7-10,12,14H,2-3,5-6,11H2,1H3,(H2,21,22,24). The zero-order chi connectivity index (χ0) is 19.3. The van der Waals surface area contributed by atoms with Crippen LogP contribution in [0.15, 0.2) is 30.6 Å². The minimum atomic E-state index is -0.234. The smallest absolute Gasteiger partial charge is 0.319 e. The summed E-state index contributed by atoms with van der Waals surface area (Å²) in [5.41, 5.74) is 0.662. The number of hydrogen-bond acceptors (Lipinski definition) is 7. The predicted molar refractivity (Wildman–Crippen MR) is 100.0 cm³/mol. The minimum Gasteiger partial charge on any atom is -0.480 e. The Labute approximate surface area is 162 Å². The van der Waals surface area contributed by atoms with E-state index < -0.39 is 0 Å². The van der Waals surface area contributed by atoms with Gasteiger partial charge in [0.25, 0.3) is 0 Å². The molecule has 2 heterocycles. The van der Waals surface area contributed by atoms with E-state index in [-0.39, 0.29) is 25.0 Å².